The number of nitrogens with two attached hydrogens (primary N) is 1. The highest BCUT2D eigenvalue weighted by Crippen LogP contribution is 2.39. The van der Waals surface area contributed by atoms with Crippen molar-refractivity contribution in [3.8, 4) is 0 Å². The van der Waals surface area contributed by atoms with Crippen molar-refractivity contribution >= 4 is 41.7 Å². The summed E-state index contributed by atoms with van der Waals surface area (Å²) in [6.45, 7) is 3.81. The van der Waals surface area contributed by atoms with Gasteiger partial charge in [0.25, 0.3) is 5.69 Å². The minimum absolute atomic E-state index is 0. The molecule has 1 aromatic carbocycles. The summed E-state index contributed by atoms with van der Waals surface area (Å²) in [6.07, 6.45) is 0. The lowest BCUT2D eigenvalue weighted by molar-refractivity contribution is -0.384. The van der Waals surface area contributed by atoms with Crippen molar-refractivity contribution in [2.24, 2.45) is 5.73 Å². The van der Waals surface area contributed by atoms with E-state index in [1.165, 1.54) is 40.9 Å². The Morgan fingerprint density at radius 3 is 2.68 bits per heavy atom. The van der Waals surface area contributed by atoms with Crippen LogP contribution in [0.15, 0.2) is 36.4 Å². The predicted octanol–water partition coefficient (Wildman–Crippen LogP) is 1.23. The summed E-state index contributed by atoms with van der Waals surface area (Å²) in [5.41, 5.74) is 6.92. The number of halogens is 1. The predicted molar refractivity (Wildman–Crippen MR) is 94.1 cm³/mol. The van der Waals surface area contributed by atoms with Gasteiger partial charge in [-0.25, -0.2) is 4.79 Å². The van der Waals surface area contributed by atoms with Gasteiger partial charge < -0.3 is 15.4 Å². The number of ether oxygens (including phenoxy) is 1. The van der Waals surface area contributed by atoms with Crippen molar-refractivity contribution in [1.82, 2.24) is 4.90 Å². The van der Waals surface area contributed by atoms with Gasteiger partial charge in [0, 0.05) is 17.9 Å². The number of hydrogen-bond donors (Lipinski definition) is 1. The van der Waals surface area contributed by atoms with Gasteiger partial charge in [0.1, 0.15) is 18.0 Å². The average molecular weight is 386 g/mol. The molecule has 2 N–H and O–H groups in total. The zero-order chi connectivity index (χ0) is 17.4. The monoisotopic (exact) mass is 385 g/mol. The number of fused-ring (bicyclic) bond motifs is 1. The van der Waals surface area contributed by atoms with Gasteiger partial charge >= 0.3 is 5.97 Å². The second-order valence-electron chi connectivity index (χ2n) is 5.56. The van der Waals surface area contributed by atoms with Crippen LogP contribution in [0.4, 0.5) is 5.69 Å². The van der Waals surface area contributed by atoms with Crippen molar-refractivity contribution in [3.63, 3.8) is 0 Å². The molecule has 134 valence electrons. The van der Waals surface area contributed by atoms with Crippen LogP contribution in [0.1, 0.15) is 5.56 Å². The van der Waals surface area contributed by atoms with Crippen LogP contribution in [0, 0.1) is 10.1 Å². The number of β-lactam (4-membered cyclic amide) rings is 1. The van der Waals surface area contributed by atoms with Gasteiger partial charge in [0.15, 0.2) is 6.04 Å². The van der Waals surface area contributed by atoms with Gasteiger partial charge in [-0.1, -0.05) is 6.58 Å². The Morgan fingerprint density at radius 1 is 1.44 bits per heavy atom. The summed E-state index contributed by atoms with van der Waals surface area (Å²) in [5, 5.41) is 10.4. The standard InChI is InChI=1S/C15H15N3O5S.ClH/c1-8-7-24-14-11(16)13(19)17(14)12(8)15(20)23-6-9-2-4-10(5-3-9)18(21)22;/h2-5,11-12,14H,1,6-7,16H2;1H/t11?,12?,14-;/m1./s1. The Hall–Kier alpha value is -2.10. The first-order chi connectivity index (χ1) is 11.4. The molecule has 2 heterocycles. The van der Waals surface area contributed by atoms with Gasteiger partial charge in [-0.3, -0.25) is 14.9 Å². The molecule has 3 atom stereocenters. The zero-order valence-corrected chi connectivity index (χ0v) is 14.6. The minimum Gasteiger partial charge on any atom is -0.459 e. The summed E-state index contributed by atoms with van der Waals surface area (Å²) in [5.74, 6) is -0.311. The number of carbonyl (C=O) groups excluding carboxylic acids is 2. The maximum absolute atomic E-state index is 12.4. The first-order valence-electron chi connectivity index (χ1n) is 7.17. The molecular weight excluding hydrogens is 370 g/mol. The van der Waals surface area contributed by atoms with Crippen LogP contribution >= 0.6 is 24.2 Å². The molecule has 2 aliphatic heterocycles. The van der Waals surface area contributed by atoms with E-state index in [1.54, 1.807) is 0 Å². The minimum atomic E-state index is -0.818. The molecule has 25 heavy (non-hydrogen) atoms. The third-order valence-corrected chi connectivity index (χ3v) is 5.38. The molecule has 0 bridgehead atoms. The van der Waals surface area contributed by atoms with E-state index in [1.807, 2.05) is 0 Å². The summed E-state index contributed by atoms with van der Waals surface area (Å²) in [4.78, 5) is 35.8. The molecule has 8 nitrogen and oxygen atoms in total. The number of esters is 1. The molecule has 0 aliphatic carbocycles. The van der Waals surface area contributed by atoms with E-state index in [9.17, 15) is 19.7 Å². The van der Waals surface area contributed by atoms with Crippen molar-refractivity contribution in [3.05, 3.63) is 52.1 Å². The maximum atomic E-state index is 12.4. The van der Waals surface area contributed by atoms with E-state index >= 15 is 0 Å². The van der Waals surface area contributed by atoms with Crippen LogP contribution < -0.4 is 5.73 Å². The molecule has 1 aromatic rings. The van der Waals surface area contributed by atoms with E-state index in [0.29, 0.717) is 16.9 Å². The lowest BCUT2D eigenvalue weighted by atomic mass is 9.99. The summed E-state index contributed by atoms with van der Waals surface area (Å²) >= 11 is 1.48. The number of thioether (sulfide) groups is 1. The first kappa shape index (κ1) is 19.2. The Balaban J connectivity index is 0.00000225. The van der Waals surface area contributed by atoms with Crippen LogP contribution in [-0.4, -0.2) is 44.9 Å². The smallest absolute Gasteiger partial charge is 0.333 e. The highest BCUT2D eigenvalue weighted by atomic mass is 35.5. The fourth-order valence-corrected chi connectivity index (χ4v) is 3.92. The molecule has 1 amide bonds. The van der Waals surface area contributed by atoms with Crippen molar-refractivity contribution in [2.45, 2.75) is 24.1 Å². The second kappa shape index (κ2) is 7.42. The van der Waals surface area contributed by atoms with Gasteiger partial charge in [-0.15, -0.1) is 24.2 Å². The van der Waals surface area contributed by atoms with Crippen LogP contribution in [0.5, 0.6) is 0 Å². The Kier molecular flexibility index (Phi) is 5.71. The third-order valence-electron chi connectivity index (χ3n) is 3.98. The van der Waals surface area contributed by atoms with Crippen molar-refractivity contribution in [1.29, 1.82) is 0 Å². The van der Waals surface area contributed by atoms with Gasteiger partial charge in [-0.2, -0.15) is 0 Å². The summed E-state index contributed by atoms with van der Waals surface area (Å²) in [6, 6.07) is 4.31. The van der Waals surface area contributed by atoms with Crippen molar-refractivity contribution < 1.29 is 19.2 Å². The van der Waals surface area contributed by atoms with E-state index in [-0.39, 0.29) is 36.0 Å². The van der Waals surface area contributed by atoms with Crippen LogP contribution in [0.3, 0.4) is 0 Å². The van der Waals surface area contributed by atoms with Gasteiger partial charge in [0.05, 0.1) is 4.92 Å². The largest absolute Gasteiger partial charge is 0.459 e. The number of hydrogen-bond acceptors (Lipinski definition) is 7. The second-order valence-corrected chi connectivity index (χ2v) is 6.67. The number of nitro benzene ring substituents is 1. The molecule has 2 saturated heterocycles. The van der Waals surface area contributed by atoms with Crippen molar-refractivity contribution in [2.75, 3.05) is 5.75 Å². The molecule has 0 radical (unpaired) electrons. The lowest BCUT2D eigenvalue weighted by Gasteiger charge is -2.51. The SMILES string of the molecule is C=C1CS[C@@H]2C(N)C(=O)N2C1C(=O)OCc1ccc([N+](=O)[O-])cc1.Cl. The molecule has 2 unspecified atom stereocenters. The van der Waals surface area contributed by atoms with Crippen LogP contribution in [0.25, 0.3) is 0 Å². The fraction of sp³-hybridized carbons (Fsp3) is 0.333. The quantitative estimate of drug-likeness (QED) is 0.272. The summed E-state index contributed by atoms with van der Waals surface area (Å²) in [7, 11) is 0. The summed E-state index contributed by atoms with van der Waals surface area (Å²) < 4.78 is 5.26. The number of benzene rings is 1. The third kappa shape index (κ3) is 3.48. The van der Waals surface area contributed by atoms with E-state index in [0.717, 1.165) is 0 Å². The van der Waals surface area contributed by atoms with E-state index in [4.69, 9.17) is 10.5 Å². The van der Waals surface area contributed by atoms with Gasteiger partial charge in [-0.05, 0) is 23.3 Å². The fourth-order valence-electron chi connectivity index (χ4n) is 2.66. The molecule has 0 spiro atoms. The Bertz CT molecular complexity index is 726. The molecule has 2 aliphatic rings. The number of rotatable bonds is 4. The number of nitrogens with zero attached hydrogens (tertiary/aromatic N) is 2. The van der Waals surface area contributed by atoms with Crippen LogP contribution in [-0.2, 0) is 20.9 Å². The highest BCUT2D eigenvalue weighted by molar-refractivity contribution is 8.00. The average Bonchev–Trinajstić information content (AvgIpc) is 2.59. The Labute approximate surface area is 153 Å². The zero-order valence-electron chi connectivity index (χ0n) is 13.0. The number of non-ortho nitro benzene ring substituents is 1. The highest BCUT2D eigenvalue weighted by Gasteiger charge is 2.54. The molecular formula is C15H16ClN3O5S. The topological polar surface area (TPSA) is 116 Å². The molecule has 3 rings (SSSR count). The van der Waals surface area contributed by atoms with E-state index in [2.05, 4.69) is 6.58 Å². The van der Waals surface area contributed by atoms with Gasteiger partial charge in [0.2, 0.25) is 5.91 Å². The van der Waals surface area contributed by atoms with E-state index < -0.39 is 23.0 Å². The van der Waals surface area contributed by atoms with Crippen LogP contribution in [0.2, 0.25) is 0 Å². The molecule has 10 heteroatoms. The lowest BCUT2D eigenvalue weighted by Crippen LogP contribution is -2.73. The normalized spacial score (nSPS) is 24.7. The molecule has 0 aromatic heterocycles. The number of carbonyl (C=O) groups is 2. The first-order valence-corrected chi connectivity index (χ1v) is 8.22. The Morgan fingerprint density at radius 2 is 2.08 bits per heavy atom. The number of nitro groups is 1. The molecule has 0 saturated carbocycles. The molecule has 2 fully saturated rings. The maximum Gasteiger partial charge on any atom is 0.333 e. The number of amides is 1.